The molecule has 74 heavy (non-hydrogen) atoms. The molecule has 2 aliphatic heterocycles. The molecule has 2 rings (SSSR count). The van der Waals surface area contributed by atoms with Crippen molar-refractivity contribution in [1.82, 2.24) is 0 Å². The standard InChI is InChI=1S/C59H108O15/c1-3-5-7-9-11-13-15-17-19-20-21-22-23-24-25-26-28-29-31-33-35-37-39-41-50(61)69-44-47(72-51(62)42-40-38-36-34-32-30-27-18-16-14-12-10-8-6-4-2)45-70-58-57(68)55(66)53(64)49(74-58)46-71-59-56(67)54(65)52(63)48(43-60)73-59/h14,16,33,35,47-49,52-60,63-68H,3-13,15,17-32,34,36-46H2,1-2H3/b16-14+,35-33+/t47-,48+,49+,52-,53-,54?,55?,56?,57?,58+,59+/m0/s1. The molecular formula is C59H108O15. The molecule has 2 heterocycles. The van der Waals surface area contributed by atoms with E-state index in [0.29, 0.717) is 12.8 Å². The number of allylic oxidation sites excluding steroid dienone is 4. The van der Waals surface area contributed by atoms with Crippen LogP contribution in [0.2, 0.25) is 0 Å². The zero-order valence-electron chi connectivity index (χ0n) is 46.3. The van der Waals surface area contributed by atoms with Gasteiger partial charge in [-0.1, -0.05) is 199 Å². The zero-order chi connectivity index (χ0) is 53.9. The fourth-order valence-corrected chi connectivity index (χ4v) is 9.51. The summed E-state index contributed by atoms with van der Waals surface area (Å²) >= 11 is 0. The Bertz CT molecular complexity index is 1380. The predicted molar refractivity (Wildman–Crippen MR) is 289 cm³/mol. The summed E-state index contributed by atoms with van der Waals surface area (Å²) in [6, 6.07) is 0. The summed E-state index contributed by atoms with van der Waals surface area (Å²) in [4.78, 5) is 25.9. The number of carbonyl (C=O) groups excluding carboxylic acids is 2. The van der Waals surface area contributed by atoms with Gasteiger partial charge in [-0.3, -0.25) is 9.59 Å². The van der Waals surface area contributed by atoms with E-state index in [9.17, 15) is 45.3 Å². The number of carbonyl (C=O) groups is 2. The topological polar surface area (TPSA) is 231 Å². The Hall–Kier alpha value is -2.02. The van der Waals surface area contributed by atoms with Gasteiger partial charge in [0.25, 0.3) is 0 Å². The summed E-state index contributed by atoms with van der Waals surface area (Å²) in [6.45, 7) is 2.59. The second kappa shape index (κ2) is 45.9. The van der Waals surface area contributed by atoms with Gasteiger partial charge in [-0.25, -0.2) is 0 Å². The van der Waals surface area contributed by atoms with Crippen LogP contribution in [0.15, 0.2) is 24.3 Å². The molecule has 15 nitrogen and oxygen atoms in total. The van der Waals surface area contributed by atoms with E-state index in [1.165, 1.54) is 154 Å². The van der Waals surface area contributed by atoms with Crippen molar-refractivity contribution in [3.63, 3.8) is 0 Å². The second-order valence-electron chi connectivity index (χ2n) is 21.2. The largest absolute Gasteiger partial charge is 0.462 e. The van der Waals surface area contributed by atoms with Crippen LogP contribution >= 0.6 is 0 Å². The number of ether oxygens (including phenoxy) is 6. The molecule has 2 aliphatic rings. The second-order valence-corrected chi connectivity index (χ2v) is 21.2. The summed E-state index contributed by atoms with van der Waals surface area (Å²) in [5.41, 5.74) is 0. The molecular weight excluding hydrogens is 949 g/mol. The van der Waals surface area contributed by atoms with E-state index >= 15 is 0 Å². The quantitative estimate of drug-likeness (QED) is 0.0171. The van der Waals surface area contributed by atoms with Gasteiger partial charge in [-0.05, 0) is 57.8 Å². The van der Waals surface area contributed by atoms with Gasteiger partial charge in [0.1, 0.15) is 55.4 Å². The highest BCUT2D eigenvalue weighted by molar-refractivity contribution is 5.70. The van der Waals surface area contributed by atoms with E-state index in [1.54, 1.807) is 0 Å². The third-order valence-corrected chi connectivity index (χ3v) is 14.4. The van der Waals surface area contributed by atoms with Gasteiger partial charge in [0, 0.05) is 12.8 Å². The summed E-state index contributed by atoms with van der Waals surface area (Å²) in [5.74, 6) is -0.957. The molecule has 11 atom stereocenters. The Kier molecular flexibility index (Phi) is 42.3. The van der Waals surface area contributed by atoms with Crippen molar-refractivity contribution in [2.75, 3.05) is 26.4 Å². The number of esters is 2. The van der Waals surface area contributed by atoms with E-state index in [4.69, 9.17) is 28.4 Å². The monoisotopic (exact) mass is 1060 g/mol. The Morgan fingerprint density at radius 3 is 1.24 bits per heavy atom. The Labute approximate surface area is 447 Å². The van der Waals surface area contributed by atoms with Gasteiger partial charge in [-0.2, -0.15) is 0 Å². The van der Waals surface area contributed by atoms with Crippen molar-refractivity contribution >= 4 is 11.9 Å². The highest BCUT2D eigenvalue weighted by Crippen LogP contribution is 2.27. The average Bonchev–Trinajstić information content (AvgIpc) is 3.39. The molecule has 0 bridgehead atoms. The molecule has 15 heteroatoms. The molecule has 4 unspecified atom stereocenters. The van der Waals surface area contributed by atoms with Crippen LogP contribution in [0.4, 0.5) is 0 Å². The molecule has 0 amide bonds. The Morgan fingerprint density at radius 1 is 0.419 bits per heavy atom. The summed E-state index contributed by atoms with van der Waals surface area (Å²) < 4.78 is 33.7. The van der Waals surface area contributed by atoms with E-state index in [0.717, 1.165) is 51.4 Å². The lowest BCUT2D eigenvalue weighted by molar-refractivity contribution is -0.332. The van der Waals surface area contributed by atoms with Crippen molar-refractivity contribution in [2.45, 2.75) is 313 Å². The minimum absolute atomic E-state index is 0.157. The lowest BCUT2D eigenvalue weighted by Gasteiger charge is -2.42. The van der Waals surface area contributed by atoms with Crippen molar-refractivity contribution in [3.8, 4) is 0 Å². The van der Waals surface area contributed by atoms with Gasteiger partial charge in [-0.15, -0.1) is 0 Å². The van der Waals surface area contributed by atoms with Crippen LogP contribution in [-0.2, 0) is 38.0 Å². The zero-order valence-corrected chi connectivity index (χ0v) is 46.3. The van der Waals surface area contributed by atoms with Gasteiger partial charge >= 0.3 is 11.9 Å². The van der Waals surface area contributed by atoms with Crippen molar-refractivity contribution < 1.29 is 73.8 Å². The molecule has 7 N–H and O–H groups in total. The van der Waals surface area contributed by atoms with Crippen LogP contribution in [0.25, 0.3) is 0 Å². The normalized spacial score (nSPS) is 24.8. The molecule has 434 valence electrons. The van der Waals surface area contributed by atoms with Gasteiger partial charge in [0.15, 0.2) is 18.7 Å². The number of aliphatic hydroxyl groups excluding tert-OH is 7. The molecule has 0 aromatic carbocycles. The Morgan fingerprint density at radius 2 is 0.784 bits per heavy atom. The first-order chi connectivity index (χ1) is 36.0. The van der Waals surface area contributed by atoms with Gasteiger partial charge in [0.2, 0.25) is 0 Å². The summed E-state index contributed by atoms with van der Waals surface area (Å²) in [6.07, 6.45) is 33.6. The lowest BCUT2D eigenvalue weighted by atomic mass is 9.98. The number of unbranched alkanes of at least 4 members (excludes halogenated alkanes) is 30. The molecule has 2 saturated heterocycles. The van der Waals surface area contributed by atoms with Crippen LogP contribution < -0.4 is 0 Å². The fourth-order valence-electron chi connectivity index (χ4n) is 9.51. The maximum absolute atomic E-state index is 13.0. The first kappa shape index (κ1) is 68.1. The molecule has 0 saturated carbocycles. The highest BCUT2D eigenvalue weighted by atomic mass is 16.7. The first-order valence-corrected chi connectivity index (χ1v) is 29.9. The first-order valence-electron chi connectivity index (χ1n) is 29.9. The van der Waals surface area contributed by atoms with Crippen LogP contribution in [0, 0.1) is 0 Å². The highest BCUT2D eigenvalue weighted by Gasteiger charge is 2.47. The minimum atomic E-state index is -1.77. The summed E-state index contributed by atoms with van der Waals surface area (Å²) in [5, 5.41) is 72.3. The molecule has 0 spiro atoms. The van der Waals surface area contributed by atoms with Gasteiger partial charge in [0.05, 0.1) is 19.8 Å². The van der Waals surface area contributed by atoms with Crippen molar-refractivity contribution in [3.05, 3.63) is 24.3 Å². The van der Waals surface area contributed by atoms with Crippen LogP contribution in [0.5, 0.6) is 0 Å². The number of rotatable bonds is 48. The molecule has 0 aliphatic carbocycles. The lowest BCUT2D eigenvalue weighted by Crippen LogP contribution is -2.61. The van der Waals surface area contributed by atoms with Crippen LogP contribution in [0.1, 0.15) is 245 Å². The van der Waals surface area contributed by atoms with Crippen molar-refractivity contribution in [1.29, 1.82) is 0 Å². The number of aliphatic hydroxyl groups is 7. The van der Waals surface area contributed by atoms with E-state index in [2.05, 4.69) is 38.2 Å². The third-order valence-electron chi connectivity index (χ3n) is 14.4. The maximum Gasteiger partial charge on any atom is 0.306 e. The molecule has 0 radical (unpaired) electrons. The SMILES string of the molecule is CCCCCC/C=C/CCCCCCCCCC(=O)O[C@@H](COC(=O)CCC/C=C/CCCCCCCCCCCCCCCCCCCC)CO[C@@H]1O[C@H](CO[C@@H]2O[C@H](CO)[C@H](O)C(O)C2O)[C@H](O)C(O)C1O. The van der Waals surface area contributed by atoms with Crippen molar-refractivity contribution in [2.24, 2.45) is 0 Å². The van der Waals surface area contributed by atoms with E-state index in [1.807, 2.05) is 0 Å². The average molecular weight is 1060 g/mol. The maximum atomic E-state index is 13.0. The molecule has 0 aromatic rings. The minimum Gasteiger partial charge on any atom is -0.462 e. The van der Waals surface area contributed by atoms with Gasteiger partial charge < -0.3 is 64.2 Å². The predicted octanol–water partition coefficient (Wildman–Crippen LogP) is 10.3. The summed E-state index contributed by atoms with van der Waals surface area (Å²) in [7, 11) is 0. The van der Waals surface area contributed by atoms with Crippen LogP contribution in [0.3, 0.4) is 0 Å². The third kappa shape index (κ3) is 32.7. The Balaban J connectivity index is 1.73. The van der Waals surface area contributed by atoms with E-state index < -0.39 is 92.7 Å². The fraction of sp³-hybridized carbons (Fsp3) is 0.898. The van der Waals surface area contributed by atoms with E-state index in [-0.39, 0.29) is 26.1 Å². The molecule has 0 aromatic heterocycles. The number of hydrogen-bond donors (Lipinski definition) is 7. The van der Waals surface area contributed by atoms with Crippen LogP contribution in [-0.4, -0.2) is 142 Å². The smallest absolute Gasteiger partial charge is 0.306 e. The number of hydrogen-bond acceptors (Lipinski definition) is 15. The molecule has 2 fully saturated rings.